The lowest BCUT2D eigenvalue weighted by Crippen LogP contribution is -2.40. The van der Waals surface area contributed by atoms with Gasteiger partial charge in [-0.3, -0.25) is 0 Å². The van der Waals surface area contributed by atoms with Crippen molar-refractivity contribution in [3.8, 4) is 0 Å². The van der Waals surface area contributed by atoms with Crippen molar-refractivity contribution in [3.05, 3.63) is 0 Å². The van der Waals surface area contributed by atoms with E-state index in [0.717, 1.165) is 25.7 Å². The Morgan fingerprint density at radius 2 is 1.24 bits per heavy atom. The molecule has 1 aliphatic rings. The van der Waals surface area contributed by atoms with Crippen LogP contribution in [-0.4, -0.2) is 23.8 Å². The Morgan fingerprint density at radius 3 is 1.53 bits per heavy atom. The maximum atomic E-state index is 11.4. The quantitative estimate of drug-likeness (QED) is 0.802. The number of carboxylic acids is 1. The number of carboxylic acid groups (broad SMARTS) is 1. The third-order valence-electron chi connectivity index (χ3n) is 3.94. The normalized spacial score (nSPS) is 23.4. The summed E-state index contributed by atoms with van der Waals surface area (Å²) in [7, 11) is 1.54. The molecule has 1 saturated carbocycles. The lowest BCUT2D eigenvalue weighted by Gasteiger charge is -2.28. The van der Waals surface area contributed by atoms with E-state index in [4.69, 9.17) is 4.74 Å². The van der Waals surface area contributed by atoms with E-state index in [-0.39, 0.29) is 0 Å². The fraction of sp³-hybridized carbons (Fsp3) is 0.929. The standard InChI is InChI=1S/C14H26O3/c1-17-14(13(15)16)11-9-7-5-3-2-4-6-8-10-12-14/h2-12H2,1H3,(H,15,16). The van der Waals surface area contributed by atoms with Crippen molar-refractivity contribution in [2.24, 2.45) is 0 Å². The van der Waals surface area contributed by atoms with Crippen LogP contribution in [0.3, 0.4) is 0 Å². The predicted molar refractivity (Wildman–Crippen MR) is 68.2 cm³/mol. The fourth-order valence-corrected chi connectivity index (χ4v) is 2.69. The molecule has 0 heterocycles. The third kappa shape index (κ3) is 4.66. The van der Waals surface area contributed by atoms with Crippen LogP contribution in [0.5, 0.6) is 0 Å². The van der Waals surface area contributed by atoms with Gasteiger partial charge in [-0.1, -0.05) is 44.9 Å². The van der Waals surface area contributed by atoms with Crippen LogP contribution < -0.4 is 0 Å². The van der Waals surface area contributed by atoms with Crippen molar-refractivity contribution in [3.63, 3.8) is 0 Å². The Labute approximate surface area is 105 Å². The Kier molecular flexibility index (Phi) is 6.56. The van der Waals surface area contributed by atoms with E-state index in [1.165, 1.54) is 32.1 Å². The molecule has 1 rings (SSSR count). The van der Waals surface area contributed by atoms with Gasteiger partial charge in [0, 0.05) is 7.11 Å². The minimum absolute atomic E-state index is 0.666. The second-order valence-electron chi connectivity index (χ2n) is 5.19. The van der Waals surface area contributed by atoms with Gasteiger partial charge in [0.05, 0.1) is 0 Å². The lowest BCUT2D eigenvalue weighted by molar-refractivity contribution is -0.164. The van der Waals surface area contributed by atoms with Crippen LogP contribution in [0.2, 0.25) is 0 Å². The van der Waals surface area contributed by atoms with Gasteiger partial charge in [-0.15, -0.1) is 0 Å². The molecule has 100 valence electrons. The smallest absolute Gasteiger partial charge is 0.335 e. The van der Waals surface area contributed by atoms with Gasteiger partial charge in [0.2, 0.25) is 0 Å². The minimum Gasteiger partial charge on any atom is -0.479 e. The molecule has 0 aromatic carbocycles. The highest BCUT2D eigenvalue weighted by atomic mass is 16.5. The first-order valence-corrected chi connectivity index (χ1v) is 7.00. The van der Waals surface area contributed by atoms with Gasteiger partial charge >= 0.3 is 5.97 Å². The van der Waals surface area contributed by atoms with Gasteiger partial charge in [-0.2, -0.15) is 0 Å². The molecule has 0 radical (unpaired) electrons. The number of aliphatic carboxylic acids is 1. The van der Waals surface area contributed by atoms with Crippen LogP contribution >= 0.6 is 0 Å². The zero-order valence-corrected chi connectivity index (χ0v) is 11.0. The molecule has 0 aromatic rings. The van der Waals surface area contributed by atoms with Crippen LogP contribution in [0.1, 0.15) is 70.6 Å². The Balaban J connectivity index is 2.55. The molecule has 0 aliphatic heterocycles. The largest absolute Gasteiger partial charge is 0.479 e. The molecular formula is C14H26O3. The maximum Gasteiger partial charge on any atom is 0.335 e. The zero-order chi connectivity index (χ0) is 12.6. The van der Waals surface area contributed by atoms with Gasteiger partial charge in [0.1, 0.15) is 0 Å². The van der Waals surface area contributed by atoms with Crippen molar-refractivity contribution in [2.75, 3.05) is 7.11 Å². The van der Waals surface area contributed by atoms with Crippen molar-refractivity contribution < 1.29 is 14.6 Å². The van der Waals surface area contributed by atoms with Crippen LogP contribution in [-0.2, 0) is 9.53 Å². The summed E-state index contributed by atoms with van der Waals surface area (Å²) in [6.45, 7) is 0. The Bertz CT molecular complexity index is 214. The fourth-order valence-electron chi connectivity index (χ4n) is 2.69. The summed E-state index contributed by atoms with van der Waals surface area (Å²) in [5.74, 6) is -0.781. The third-order valence-corrected chi connectivity index (χ3v) is 3.94. The van der Waals surface area contributed by atoms with E-state index in [2.05, 4.69) is 0 Å². The molecule has 17 heavy (non-hydrogen) atoms. The number of hydrogen-bond acceptors (Lipinski definition) is 2. The second kappa shape index (κ2) is 7.70. The van der Waals surface area contributed by atoms with Gasteiger partial charge < -0.3 is 9.84 Å². The molecule has 1 aliphatic carbocycles. The summed E-state index contributed by atoms with van der Waals surface area (Å²) in [5.41, 5.74) is -0.917. The van der Waals surface area contributed by atoms with E-state index >= 15 is 0 Å². The zero-order valence-electron chi connectivity index (χ0n) is 11.0. The average Bonchev–Trinajstić information content (AvgIpc) is 2.30. The first kappa shape index (κ1) is 14.5. The maximum absolute atomic E-state index is 11.4. The van der Waals surface area contributed by atoms with E-state index in [1.807, 2.05) is 0 Å². The molecule has 0 aromatic heterocycles. The minimum atomic E-state index is -0.917. The van der Waals surface area contributed by atoms with Crippen LogP contribution in [0, 0.1) is 0 Å². The van der Waals surface area contributed by atoms with Crippen LogP contribution in [0.25, 0.3) is 0 Å². The van der Waals surface area contributed by atoms with Crippen LogP contribution in [0.4, 0.5) is 0 Å². The van der Waals surface area contributed by atoms with E-state index < -0.39 is 11.6 Å². The summed E-state index contributed by atoms with van der Waals surface area (Å²) >= 11 is 0. The number of methoxy groups -OCH3 is 1. The summed E-state index contributed by atoms with van der Waals surface area (Å²) in [4.78, 5) is 11.4. The second-order valence-corrected chi connectivity index (χ2v) is 5.19. The molecule has 0 saturated heterocycles. The predicted octanol–water partition coefficient (Wildman–Crippen LogP) is 3.76. The first-order chi connectivity index (χ1) is 8.21. The Hall–Kier alpha value is -0.570. The van der Waals surface area contributed by atoms with Gasteiger partial charge in [0.25, 0.3) is 0 Å². The molecule has 0 bridgehead atoms. The van der Waals surface area contributed by atoms with Crippen molar-refractivity contribution in [2.45, 2.75) is 76.2 Å². The molecule has 0 spiro atoms. The summed E-state index contributed by atoms with van der Waals surface area (Å²) in [6, 6.07) is 0. The average molecular weight is 242 g/mol. The van der Waals surface area contributed by atoms with Gasteiger partial charge in [-0.25, -0.2) is 4.79 Å². The molecule has 1 fully saturated rings. The highest BCUT2D eigenvalue weighted by Crippen LogP contribution is 2.28. The highest BCUT2D eigenvalue weighted by Gasteiger charge is 2.37. The molecule has 3 nitrogen and oxygen atoms in total. The van der Waals surface area contributed by atoms with Crippen molar-refractivity contribution in [1.29, 1.82) is 0 Å². The summed E-state index contributed by atoms with van der Waals surface area (Å²) < 4.78 is 5.34. The molecule has 0 unspecified atom stereocenters. The van der Waals surface area contributed by atoms with E-state index in [1.54, 1.807) is 7.11 Å². The monoisotopic (exact) mass is 242 g/mol. The number of rotatable bonds is 2. The lowest BCUT2D eigenvalue weighted by atomic mass is 9.88. The van der Waals surface area contributed by atoms with Crippen molar-refractivity contribution >= 4 is 5.97 Å². The van der Waals surface area contributed by atoms with Gasteiger partial charge in [0.15, 0.2) is 5.60 Å². The highest BCUT2D eigenvalue weighted by molar-refractivity contribution is 5.77. The topological polar surface area (TPSA) is 46.5 Å². The number of ether oxygens (including phenoxy) is 1. The molecule has 3 heteroatoms. The van der Waals surface area contributed by atoms with Crippen LogP contribution in [0.15, 0.2) is 0 Å². The summed E-state index contributed by atoms with van der Waals surface area (Å²) in [6.07, 6.45) is 12.0. The van der Waals surface area contributed by atoms with Crippen molar-refractivity contribution in [1.82, 2.24) is 0 Å². The molecule has 1 N–H and O–H groups in total. The number of hydrogen-bond donors (Lipinski definition) is 1. The first-order valence-electron chi connectivity index (χ1n) is 7.00. The number of carbonyl (C=O) groups is 1. The van der Waals surface area contributed by atoms with E-state index in [9.17, 15) is 9.90 Å². The molecular weight excluding hydrogens is 216 g/mol. The summed E-state index contributed by atoms with van der Waals surface area (Å²) in [5, 5.41) is 9.37. The Morgan fingerprint density at radius 1 is 0.882 bits per heavy atom. The molecule has 0 atom stereocenters. The molecule has 0 amide bonds. The SMILES string of the molecule is COC1(C(=O)O)CCCCCCCCCCC1. The van der Waals surface area contributed by atoms with E-state index in [0.29, 0.717) is 12.8 Å². The van der Waals surface area contributed by atoms with Gasteiger partial charge in [-0.05, 0) is 25.7 Å².